The van der Waals surface area contributed by atoms with Crippen molar-refractivity contribution in [2.24, 2.45) is 0 Å². The van der Waals surface area contributed by atoms with E-state index in [1.54, 1.807) is 7.11 Å². The first-order chi connectivity index (χ1) is 12.6. The topological polar surface area (TPSA) is 71.2 Å². The number of aromatic amines is 1. The summed E-state index contributed by atoms with van der Waals surface area (Å²) in [5.74, 6) is 0.647. The highest BCUT2D eigenvalue weighted by atomic mass is 16.5. The SMILES string of the molecule is COc1ccccc1CNC(=O)CCc1cc2ccc(C)cc2[nH]c1=O. The van der Waals surface area contributed by atoms with Crippen LogP contribution in [-0.2, 0) is 17.8 Å². The van der Waals surface area contributed by atoms with Crippen LogP contribution < -0.4 is 15.6 Å². The second kappa shape index (κ2) is 7.87. The zero-order valence-electron chi connectivity index (χ0n) is 15.0. The summed E-state index contributed by atoms with van der Waals surface area (Å²) in [4.78, 5) is 27.3. The van der Waals surface area contributed by atoms with Crippen molar-refractivity contribution < 1.29 is 9.53 Å². The third-order valence-electron chi connectivity index (χ3n) is 4.37. The van der Waals surface area contributed by atoms with Gasteiger partial charge in [-0.25, -0.2) is 0 Å². The minimum Gasteiger partial charge on any atom is -0.496 e. The van der Waals surface area contributed by atoms with Crippen LogP contribution in [0, 0.1) is 6.92 Å². The smallest absolute Gasteiger partial charge is 0.251 e. The highest BCUT2D eigenvalue weighted by Gasteiger charge is 2.08. The maximum absolute atomic E-state index is 12.2. The summed E-state index contributed by atoms with van der Waals surface area (Å²) in [5.41, 5.74) is 3.31. The molecule has 0 aliphatic heterocycles. The number of hydrogen-bond donors (Lipinski definition) is 2. The van der Waals surface area contributed by atoms with Crippen LogP contribution in [0.3, 0.4) is 0 Å². The van der Waals surface area contributed by atoms with E-state index in [2.05, 4.69) is 10.3 Å². The first-order valence-corrected chi connectivity index (χ1v) is 8.58. The monoisotopic (exact) mass is 350 g/mol. The fraction of sp³-hybridized carbons (Fsp3) is 0.238. The van der Waals surface area contributed by atoms with Crippen LogP contribution in [0.15, 0.2) is 53.3 Å². The van der Waals surface area contributed by atoms with E-state index in [1.807, 2.05) is 55.5 Å². The molecule has 134 valence electrons. The van der Waals surface area contributed by atoms with Crippen LogP contribution in [0.2, 0.25) is 0 Å². The molecule has 0 fully saturated rings. The first-order valence-electron chi connectivity index (χ1n) is 8.58. The maximum Gasteiger partial charge on any atom is 0.251 e. The average molecular weight is 350 g/mol. The number of nitrogens with one attached hydrogen (secondary N) is 2. The van der Waals surface area contributed by atoms with Crippen LogP contribution in [-0.4, -0.2) is 18.0 Å². The molecule has 0 aliphatic rings. The summed E-state index contributed by atoms with van der Waals surface area (Å²) >= 11 is 0. The molecule has 0 spiro atoms. The lowest BCUT2D eigenvalue weighted by Gasteiger charge is -2.09. The number of pyridine rings is 1. The number of aryl methyl sites for hydroxylation is 2. The summed E-state index contributed by atoms with van der Waals surface area (Å²) in [5, 5.41) is 3.85. The second-order valence-electron chi connectivity index (χ2n) is 6.30. The molecule has 0 saturated heterocycles. The molecule has 2 N–H and O–H groups in total. The Labute approximate surface area is 152 Å². The lowest BCUT2D eigenvalue weighted by atomic mass is 10.1. The number of carbonyl (C=O) groups excluding carboxylic acids is 1. The number of H-pyrrole nitrogens is 1. The van der Waals surface area contributed by atoms with Crippen molar-refractivity contribution in [1.29, 1.82) is 0 Å². The summed E-state index contributed by atoms with van der Waals surface area (Å²) in [6.45, 7) is 2.38. The van der Waals surface area contributed by atoms with E-state index in [-0.39, 0.29) is 17.9 Å². The van der Waals surface area contributed by atoms with Crippen molar-refractivity contribution in [2.45, 2.75) is 26.3 Å². The largest absolute Gasteiger partial charge is 0.496 e. The van der Waals surface area contributed by atoms with Crippen LogP contribution in [0.1, 0.15) is 23.1 Å². The van der Waals surface area contributed by atoms with E-state index < -0.39 is 0 Å². The third-order valence-corrected chi connectivity index (χ3v) is 4.37. The fourth-order valence-electron chi connectivity index (χ4n) is 2.93. The molecule has 26 heavy (non-hydrogen) atoms. The Morgan fingerprint density at radius 3 is 2.73 bits per heavy atom. The van der Waals surface area contributed by atoms with Gasteiger partial charge in [-0.15, -0.1) is 0 Å². The standard InChI is InChI=1S/C21H22N2O3/c1-14-7-8-15-12-16(21(25)23-18(15)11-14)9-10-20(24)22-13-17-5-3-4-6-19(17)26-2/h3-8,11-12H,9-10,13H2,1-2H3,(H,22,24)(H,23,25). The van der Waals surface area contributed by atoms with Gasteiger partial charge in [-0.2, -0.15) is 0 Å². The van der Waals surface area contributed by atoms with Gasteiger partial charge in [0, 0.05) is 29.6 Å². The molecule has 0 atom stereocenters. The first kappa shape index (κ1) is 17.7. The molecule has 2 aromatic carbocycles. The summed E-state index contributed by atoms with van der Waals surface area (Å²) in [6.07, 6.45) is 0.659. The van der Waals surface area contributed by atoms with Crippen molar-refractivity contribution in [2.75, 3.05) is 7.11 Å². The van der Waals surface area contributed by atoms with E-state index >= 15 is 0 Å². The van der Waals surface area contributed by atoms with Gasteiger partial charge in [-0.1, -0.05) is 30.3 Å². The molecule has 5 nitrogen and oxygen atoms in total. The number of benzene rings is 2. The van der Waals surface area contributed by atoms with E-state index in [9.17, 15) is 9.59 Å². The zero-order valence-corrected chi connectivity index (χ0v) is 15.0. The molecule has 5 heteroatoms. The minimum absolute atomic E-state index is 0.0979. The quantitative estimate of drug-likeness (QED) is 0.718. The molecule has 1 aromatic heterocycles. The number of amides is 1. The zero-order chi connectivity index (χ0) is 18.5. The molecule has 3 rings (SSSR count). The van der Waals surface area contributed by atoms with Crippen molar-refractivity contribution in [3.63, 3.8) is 0 Å². The van der Waals surface area contributed by atoms with Crippen LogP contribution >= 0.6 is 0 Å². The van der Waals surface area contributed by atoms with Gasteiger partial charge >= 0.3 is 0 Å². The van der Waals surface area contributed by atoms with E-state index in [4.69, 9.17) is 4.74 Å². The summed E-state index contributed by atoms with van der Waals surface area (Å²) in [6, 6.07) is 15.3. The van der Waals surface area contributed by atoms with Gasteiger partial charge in [0.15, 0.2) is 0 Å². The van der Waals surface area contributed by atoms with Crippen molar-refractivity contribution in [3.05, 3.63) is 75.6 Å². The number of ether oxygens (including phenoxy) is 1. The van der Waals surface area contributed by atoms with Crippen LogP contribution in [0.5, 0.6) is 5.75 Å². The van der Waals surface area contributed by atoms with Gasteiger partial charge in [0.1, 0.15) is 5.75 Å². The van der Waals surface area contributed by atoms with Crippen molar-refractivity contribution in [3.8, 4) is 5.75 Å². The van der Waals surface area contributed by atoms with E-state index in [0.29, 0.717) is 18.5 Å². The molecule has 0 bridgehead atoms. The maximum atomic E-state index is 12.2. The number of para-hydroxylation sites is 1. The van der Waals surface area contributed by atoms with Gasteiger partial charge in [0.2, 0.25) is 5.91 Å². The Hall–Kier alpha value is -3.08. The normalized spacial score (nSPS) is 10.7. The molecule has 0 unspecified atom stereocenters. The number of hydrogen-bond acceptors (Lipinski definition) is 3. The third kappa shape index (κ3) is 4.11. The van der Waals surface area contributed by atoms with Gasteiger partial charge in [0.05, 0.1) is 7.11 Å². The molecular weight excluding hydrogens is 328 g/mol. The summed E-state index contributed by atoms with van der Waals surface area (Å²) in [7, 11) is 1.61. The van der Waals surface area contributed by atoms with Crippen LogP contribution in [0.4, 0.5) is 0 Å². The summed E-state index contributed by atoms with van der Waals surface area (Å²) < 4.78 is 5.28. The van der Waals surface area contributed by atoms with Crippen molar-refractivity contribution >= 4 is 16.8 Å². The lowest BCUT2D eigenvalue weighted by Crippen LogP contribution is -2.24. The highest BCUT2D eigenvalue weighted by molar-refractivity contribution is 5.80. The Kier molecular flexibility index (Phi) is 5.37. The van der Waals surface area contributed by atoms with E-state index in [0.717, 1.165) is 27.8 Å². The minimum atomic E-state index is -0.138. The number of methoxy groups -OCH3 is 1. The Bertz CT molecular complexity index is 992. The molecule has 0 radical (unpaired) electrons. The average Bonchev–Trinajstić information content (AvgIpc) is 2.64. The molecular formula is C21H22N2O3. The number of rotatable bonds is 6. The number of fused-ring (bicyclic) bond motifs is 1. The number of carbonyl (C=O) groups is 1. The predicted octanol–water partition coefficient (Wildman–Crippen LogP) is 3.09. The Morgan fingerprint density at radius 1 is 1.12 bits per heavy atom. The van der Waals surface area contributed by atoms with Crippen molar-refractivity contribution in [1.82, 2.24) is 10.3 Å². The Morgan fingerprint density at radius 2 is 1.92 bits per heavy atom. The lowest BCUT2D eigenvalue weighted by molar-refractivity contribution is -0.121. The van der Waals surface area contributed by atoms with Gasteiger partial charge in [-0.3, -0.25) is 9.59 Å². The molecule has 0 aliphatic carbocycles. The molecule has 3 aromatic rings. The highest BCUT2D eigenvalue weighted by Crippen LogP contribution is 2.17. The molecule has 0 saturated carbocycles. The van der Waals surface area contributed by atoms with Gasteiger partial charge in [0.25, 0.3) is 5.56 Å². The van der Waals surface area contributed by atoms with Gasteiger partial charge < -0.3 is 15.0 Å². The molecule has 1 heterocycles. The number of aromatic nitrogens is 1. The Balaban J connectivity index is 1.62. The predicted molar refractivity (Wildman–Crippen MR) is 102 cm³/mol. The van der Waals surface area contributed by atoms with Gasteiger partial charge in [-0.05, 0) is 42.5 Å². The van der Waals surface area contributed by atoms with E-state index in [1.165, 1.54) is 0 Å². The second-order valence-corrected chi connectivity index (χ2v) is 6.30. The fourth-order valence-corrected chi connectivity index (χ4v) is 2.93. The van der Waals surface area contributed by atoms with Crippen LogP contribution in [0.25, 0.3) is 10.9 Å². The molecule has 1 amide bonds.